The predicted molar refractivity (Wildman–Crippen MR) is 82.8 cm³/mol. The van der Waals surface area contributed by atoms with Crippen LogP contribution in [0.5, 0.6) is 0 Å². The molecule has 1 N–H and O–H groups in total. The number of carbonyl (C=O) groups excluding carboxylic acids is 2. The lowest BCUT2D eigenvalue weighted by Crippen LogP contribution is -2.68. The van der Waals surface area contributed by atoms with Gasteiger partial charge in [0.15, 0.2) is 0 Å². The van der Waals surface area contributed by atoms with Crippen molar-refractivity contribution in [2.75, 3.05) is 6.54 Å². The molecule has 0 radical (unpaired) electrons. The molecule has 0 saturated carbocycles. The number of nitrogens with zero attached hydrogens (tertiary/aromatic N) is 1. The van der Waals surface area contributed by atoms with E-state index in [1.165, 1.54) is 5.56 Å². The van der Waals surface area contributed by atoms with Crippen molar-refractivity contribution in [2.45, 2.75) is 51.6 Å². The van der Waals surface area contributed by atoms with Crippen LogP contribution in [0.15, 0.2) is 30.3 Å². The summed E-state index contributed by atoms with van der Waals surface area (Å²) in [6, 6.07) is 9.84. The van der Waals surface area contributed by atoms with Gasteiger partial charge in [0.05, 0.1) is 0 Å². The van der Waals surface area contributed by atoms with Crippen LogP contribution < -0.4 is 5.32 Å². The summed E-state index contributed by atoms with van der Waals surface area (Å²) in [6.07, 6.45) is 2.41. The third-order valence-corrected chi connectivity index (χ3v) is 4.20. The Labute approximate surface area is 126 Å². The number of carbonyl (C=O) groups is 2. The summed E-state index contributed by atoms with van der Waals surface area (Å²) < 4.78 is 0. The third-order valence-electron chi connectivity index (χ3n) is 4.20. The van der Waals surface area contributed by atoms with Gasteiger partial charge in [-0.15, -0.1) is 0 Å². The second kappa shape index (κ2) is 6.29. The number of benzene rings is 1. The smallest absolute Gasteiger partial charge is 0.246 e. The number of amides is 2. The van der Waals surface area contributed by atoms with Crippen LogP contribution in [0.25, 0.3) is 0 Å². The number of hydrogen-bond donors (Lipinski definition) is 1. The van der Waals surface area contributed by atoms with E-state index >= 15 is 0 Å². The van der Waals surface area contributed by atoms with Gasteiger partial charge in [-0.05, 0) is 38.7 Å². The average Bonchev–Trinajstić information content (AvgIpc) is 2.48. The van der Waals surface area contributed by atoms with Crippen LogP contribution in [0.4, 0.5) is 0 Å². The molecule has 1 atom stereocenters. The predicted octanol–water partition coefficient (Wildman–Crippen LogP) is 2.13. The Morgan fingerprint density at radius 3 is 2.48 bits per heavy atom. The Kier molecular flexibility index (Phi) is 4.66. The molecule has 1 aliphatic heterocycles. The van der Waals surface area contributed by atoms with Gasteiger partial charge in [0, 0.05) is 6.54 Å². The monoisotopic (exact) mass is 288 g/mol. The summed E-state index contributed by atoms with van der Waals surface area (Å²) in [6.45, 7) is 6.16. The number of aryl methyl sites for hydroxylation is 1. The first kappa shape index (κ1) is 15.5. The van der Waals surface area contributed by atoms with E-state index in [1.54, 1.807) is 4.90 Å². The van der Waals surface area contributed by atoms with E-state index in [4.69, 9.17) is 0 Å². The zero-order chi connectivity index (χ0) is 15.5. The lowest BCUT2D eigenvalue weighted by Gasteiger charge is -2.44. The van der Waals surface area contributed by atoms with Crippen molar-refractivity contribution in [1.29, 1.82) is 0 Å². The topological polar surface area (TPSA) is 49.4 Å². The van der Waals surface area contributed by atoms with Crippen molar-refractivity contribution in [3.05, 3.63) is 35.9 Å². The summed E-state index contributed by atoms with van der Waals surface area (Å²) in [4.78, 5) is 26.4. The molecule has 0 aromatic heterocycles. The number of nitrogens with one attached hydrogen (secondary N) is 1. The second-order valence-corrected chi connectivity index (χ2v) is 6.07. The third kappa shape index (κ3) is 3.26. The lowest BCUT2D eigenvalue weighted by molar-refractivity contribution is -0.155. The summed E-state index contributed by atoms with van der Waals surface area (Å²) in [5.41, 5.74) is 0.496. The van der Waals surface area contributed by atoms with Gasteiger partial charge in [0.25, 0.3) is 0 Å². The first-order valence-electron chi connectivity index (χ1n) is 7.63. The molecule has 114 valence electrons. The Morgan fingerprint density at radius 1 is 1.19 bits per heavy atom. The molecule has 21 heavy (non-hydrogen) atoms. The van der Waals surface area contributed by atoms with Gasteiger partial charge < -0.3 is 10.2 Å². The Bertz CT molecular complexity index is 511. The highest BCUT2D eigenvalue weighted by molar-refractivity contribution is 5.99. The molecule has 1 saturated heterocycles. The lowest BCUT2D eigenvalue weighted by atomic mass is 9.94. The average molecular weight is 288 g/mol. The van der Waals surface area contributed by atoms with E-state index in [2.05, 4.69) is 17.4 Å². The van der Waals surface area contributed by atoms with Gasteiger partial charge in [-0.25, -0.2) is 0 Å². The molecular weight excluding hydrogens is 264 g/mol. The minimum absolute atomic E-state index is 0.0372. The van der Waals surface area contributed by atoms with E-state index in [-0.39, 0.29) is 17.9 Å². The molecular formula is C17H24N2O2. The molecule has 1 aliphatic rings. The maximum atomic E-state index is 12.5. The Balaban J connectivity index is 2.01. The molecule has 4 heteroatoms. The summed E-state index contributed by atoms with van der Waals surface area (Å²) >= 11 is 0. The highest BCUT2D eigenvalue weighted by atomic mass is 16.2. The number of piperazine rings is 1. The maximum absolute atomic E-state index is 12.5. The van der Waals surface area contributed by atoms with Gasteiger partial charge in [0.1, 0.15) is 11.6 Å². The second-order valence-electron chi connectivity index (χ2n) is 6.07. The zero-order valence-electron chi connectivity index (χ0n) is 13.1. The highest BCUT2D eigenvalue weighted by Crippen LogP contribution is 2.22. The molecule has 0 spiro atoms. The molecule has 1 unspecified atom stereocenters. The van der Waals surface area contributed by atoms with Crippen molar-refractivity contribution >= 4 is 11.8 Å². The Morgan fingerprint density at radius 2 is 1.86 bits per heavy atom. The van der Waals surface area contributed by atoms with E-state index in [0.29, 0.717) is 13.0 Å². The van der Waals surface area contributed by atoms with Gasteiger partial charge in [0.2, 0.25) is 11.8 Å². The molecule has 0 aliphatic carbocycles. The minimum atomic E-state index is -0.764. The molecule has 1 fully saturated rings. The zero-order valence-corrected chi connectivity index (χ0v) is 13.1. The fourth-order valence-electron chi connectivity index (χ4n) is 2.74. The maximum Gasteiger partial charge on any atom is 0.246 e. The van der Waals surface area contributed by atoms with Crippen LogP contribution in [0.1, 0.15) is 39.2 Å². The number of rotatable bonds is 5. The van der Waals surface area contributed by atoms with Crippen LogP contribution in [-0.4, -0.2) is 34.8 Å². The van der Waals surface area contributed by atoms with E-state index in [1.807, 2.05) is 39.0 Å². The first-order valence-corrected chi connectivity index (χ1v) is 7.63. The van der Waals surface area contributed by atoms with Crippen LogP contribution in [-0.2, 0) is 16.0 Å². The summed E-state index contributed by atoms with van der Waals surface area (Å²) in [5, 5.41) is 2.81. The molecule has 1 heterocycles. The van der Waals surface area contributed by atoms with E-state index < -0.39 is 5.54 Å². The molecule has 1 aromatic rings. The van der Waals surface area contributed by atoms with Crippen molar-refractivity contribution in [1.82, 2.24) is 10.2 Å². The molecule has 1 aromatic carbocycles. The van der Waals surface area contributed by atoms with Gasteiger partial charge in [-0.3, -0.25) is 9.59 Å². The van der Waals surface area contributed by atoms with E-state index in [9.17, 15) is 9.59 Å². The minimum Gasteiger partial charge on any atom is -0.342 e. The van der Waals surface area contributed by atoms with Crippen LogP contribution in [0.3, 0.4) is 0 Å². The Hall–Kier alpha value is -1.84. The van der Waals surface area contributed by atoms with Crippen molar-refractivity contribution in [3.63, 3.8) is 0 Å². The summed E-state index contributed by atoms with van der Waals surface area (Å²) in [5.74, 6) is -0.0242. The SMILES string of the molecule is CCC1NC(=O)C(C)(C)N(CCCc2ccccc2)C1=O. The largest absolute Gasteiger partial charge is 0.342 e. The van der Waals surface area contributed by atoms with E-state index in [0.717, 1.165) is 12.8 Å². The number of hydrogen-bond acceptors (Lipinski definition) is 2. The standard InChI is InChI=1S/C17H24N2O2/c1-4-14-15(20)19(17(2,3)16(21)18-14)12-8-11-13-9-6-5-7-10-13/h5-7,9-10,14H,4,8,11-12H2,1-3H3,(H,18,21). The van der Waals surface area contributed by atoms with Crippen LogP contribution in [0.2, 0.25) is 0 Å². The van der Waals surface area contributed by atoms with Gasteiger partial charge in [-0.2, -0.15) is 0 Å². The fourth-order valence-corrected chi connectivity index (χ4v) is 2.74. The van der Waals surface area contributed by atoms with Gasteiger partial charge >= 0.3 is 0 Å². The molecule has 4 nitrogen and oxygen atoms in total. The van der Waals surface area contributed by atoms with Crippen molar-refractivity contribution < 1.29 is 9.59 Å². The fraction of sp³-hybridized carbons (Fsp3) is 0.529. The quantitative estimate of drug-likeness (QED) is 0.902. The molecule has 0 bridgehead atoms. The normalized spacial score (nSPS) is 21.3. The molecule has 2 rings (SSSR count). The van der Waals surface area contributed by atoms with Gasteiger partial charge in [-0.1, -0.05) is 37.3 Å². The van der Waals surface area contributed by atoms with Crippen LogP contribution >= 0.6 is 0 Å². The summed E-state index contributed by atoms with van der Waals surface area (Å²) in [7, 11) is 0. The van der Waals surface area contributed by atoms with Crippen molar-refractivity contribution in [2.24, 2.45) is 0 Å². The highest BCUT2D eigenvalue weighted by Gasteiger charge is 2.45. The van der Waals surface area contributed by atoms with Crippen LogP contribution in [0, 0.1) is 0 Å². The first-order chi connectivity index (χ1) is 9.96. The van der Waals surface area contributed by atoms with Crippen molar-refractivity contribution in [3.8, 4) is 0 Å². The molecule has 2 amide bonds.